The third-order valence-electron chi connectivity index (χ3n) is 6.45. The largest absolute Gasteiger partial charge is 0.486 e. The molecule has 36 heavy (non-hydrogen) atoms. The van der Waals surface area contributed by atoms with Crippen LogP contribution in [-0.4, -0.2) is 46.5 Å². The van der Waals surface area contributed by atoms with Crippen LogP contribution in [0, 0.1) is 6.92 Å². The molecule has 1 amide bonds. The zero-order chi connectivity index (χ0) is 23.8. The summed E-state index contributed by atoms with van der Waals surface area (Å²) in [5.74, 6) is 1.74. The van der Waals surface area contributed by atoms with Crippen molar-refractivity contribution in [1.82, 2.24) is 19.8 Å². The lowest BCUT2D eigenvalue weighted by atomic mass is 10.1. The summed E-state index contributed by atoms with van der Waals surface area (Å²) in [4.78, 5) is 19.7. The van der Waals surface area contributed by atoms with E-state index in [-0.39, 0.29) is 30.7 Å². The van der Waals surface area contributed by atoms with Crippen LogP contribution in [0.5, 0.6) is 5.75 Å². The molecular weight excluding hydrogens is 519 g/mol. The number of fused-ring (bicyclic) bond motifs is 1. The molecule has 0 radical (unpaired) electrons. The van der Waals surface area contributed by atoms with E-state index >= 15 is 0 Å². The first-order valence-electron chi connectivity index (χ1n) is 12.4. The van der Waals surface area contributed by atoms with Gasteiger partial charge in [-0.1, -0.05) is 30.2 Å². The number of rotatable bonds is 11. The van der Waals surface area contributed by atoms with Gasteiger partial charge in [-0.15, -0.1) is 24.8 Å². The second-order valence-corrected chi connectivity index (χ2v) is 9.51. The number of nitrogens with one attached hydrogen (secondary N) is 1. The first-order valence-corrected chi connectivity index (χ1v) is 12.8. The van der Waals surface area contributed by atoms with E-state index in [1.807, 2.05) is 24.3 Å². The lowest BCUT2D eigenvalue weighted by Gasteiger charge is -2.26. The van der Waals surface area contributed by atoms with E-state index in [0.29, 0.717) is 18.1 Å². The van der Waals surface area contributed by atoms with Gasteiger partial charge in [-0.3, -0.25) is 4.79 Å². The predicted octanol–water partition coefficient (Wildman–Crippen LogP) is 6.19. The van der Waals surface area contributed by atoms with E-state index in [4.69, 9.17) is 21.3 Å². The number of nitrogens with zero attached hydrogens (tertiary/aromatic N) is 3. The Bertz CT molecular complexity index is 1080. The lowest BCUT2D eigenvalue weighted by Crippen LogP contribution is -2.33. The minimum absolute atomic E-state index is 0. The molecule has 4 rings (SSSR count). The number of carbonyl (C=O) groups excluding carboxylic acids is 1. The van der Waals surface area contributed by atoms with Crippen LogP contribution in [0.3, 0.4) is 0 Å². The van der Waals surface area contributed by atoms with Crippen molar-refractivity contribution in [2.75, 3.05) is 26.2 Å². The van der Waals surface area contributed by atoms with Crippen LogP contribution < -0.4 is 10.1 Å². The molecule has 0 atom stereocenters. The van der Waals surface area contributed by atoms with Gasteiger partial charge in [0.2, 0.25) is 5.91 Å². The predicted molar refractivity (Wildman–Crippen MR) is 152 cm³/mol. The summed E-state index contributed by atoms with van der Waals surface area (Å²) in [6.07, 6.45) is 6.25. The second-order valence-electron chi connectivity index (χ2n) is 9.07. The Balaban J connectivity index is 0.00000228. The number of hydrogen-bond acceptors (Lipinski definition) is 4. The average Bonchev–Trinajstić information content (AvgIpc) is 3.21. The molecule has 0 aliphatic carbocycles. The maximum absolute atomic E-state index is 12.4. The maximum atomic E-state index is 12.4. The van der Waals surface area contributed by atoms with E-state index in [1.54, 1.807) is 0 Å². The fourth-order valence-corrected chi connectivity index (χ4v) is 4.70. The molecule has 3 aromatic rings. The summed E-state index contributed by atoms with van der Waals surface area (Å²) in [5.41, 5.74) is 3.20. The molecule has 1 saturated heterocycles. The summed E-state index contributed by atoms with van der Waals surface area (Å²) >= 11 is 5.98. The minimum Gasteiger partial charge on any atom is -0.486 e. The van der Waals surface area contributed by atoms with Gasteiger partial charge in [0.05, 0.1) is 11.0 Å². The van der Waals surface area contributed by atoms with Gasteiger partial charge in [0.1, 0.15) is 18.2 Å². The molecule has 9 heteroatoms. The van der Waals surface area contributed by atoms with Gasteiger partial charge in [0, 0.05) is 24.5 Å². The maximum Gasteiger partial charge on any atom is 0.220 e. The highest BCUT2D eigenvalue weighted by Gasteiger charge is 2.14. The van der Waals surface area contributed by atoms with Crippen molar-refractivity contribution >= 4 is 53.4 Å². The molecule has 6 nitrogen and oxygen atoms in total. The molecule has 2 aromatic carbocycles. The number of halogens is 3. The normalized spacial score (nSPS) is 13.6. The van der Waals surface area contributed by atoms with Crippen molar-refractivity contribution in [3.8, 4) is 5.75 Å². The molecule has 198 valence electrons. The smallest absolute Gasteiger partial charge is 0.220 e. The van der Waals surface area contributed by atoms with Crippen LogP contribution in [0.15, 0.2) is 42.5 Å². The number of para-hydroxylation sites is 1. The Kier molecular flexibility index (Phi) is 12.9. The topological polar surface area (TPSA) is 59.4 Å². The zero-order valence-electron chi connectivity index (χ0n) is 20.9. The first-order chi connectivity index (χ1) is 16.6. The van der Waals surface area contributed by atoms with Crippen LogP contribution in [0.2, 0.25) is 5.02 Å². The number of hydrogen-bond donors (Lipinski definition) is 1. The SMILES string of the molecule is Cc1cccc2c1nc(COc1ccc(Cl)cc1)n2CCCC(=O)NCCCN1CCCCC1.Cl.Cl. The fourth-order valence-electron chi connectivity index (χ4n) is 4.57. The summed E-state index contributed by atoms with van der Waals surface area (Å²) in [7, 11) is 0. The monoisotopic (exact) mass is 554 g/mol. The molecular formula is C27H37Cl3N4O2. The van der Waals surface area contributed by atoms with Gasteiger partial charge in [-0.05, 0) is 88.1 Å². The van der Waals surface area contributed by atoms with Crippen LogP contribution in [0.1, 0.15) is 49.9 Å². The Morgan fingerprint density at radius 1 is 1.03 bits per heavy atom. The van der Waals surface area contributed by atoms with E-state index in [9.17, 15) is 4.79 Å². The Morgan fingerprint density at radius 3 is 2.53 bits per heavy atom. The number of piperidine rings is 1. The molecule has 1 aromatic heterocycles. The van der Waals surface area contributed by atoms with Gasteiger partial charge >= 0.3 is 0 Å². The first kappa shape index (κ1) is 30.2. The highest BCUT2D eigenvalue weighted by Crippen LogP contribution is 2.22. The summed E-state index contributed by atoms with van der Waals surface area (Å²) in [6, 6.07) is 13.5. The van der Waals surface area contributed by atoms with Gasteiger partial charge in [-0.2, -0.15) is 0 Å². The van der Waals surface area contributed by atoms with Gasteiger partial charge in [-0.25, -0.2) is 4.98 Å². The third kappa shape index (κ3) is 8.55. The number of imidazole rings is 1. The fraction of sp³-hybridized carbons (Fsp3) is 0.481. The molecule has 1 aliphatic rings. The number of aryl methyl sites for hydroxylation is 2. The van der Waals surface area contributed by atoms with E-state index in [0.717, 1.165) is 60.6 Å². The van der Waals surface area contributed by atoms with Crippen LogP contribution in [0.4, 0.5) is 0 Å². The van der Waals surface area contributed by atoms with E-state index in [2.05, 4.69) is 39.9 Å². The molecule has 2 heterocycles. The van der Waals surface area contributed by atoms with E-state index < -0.39 is 0 Å². The summed E-state index contributed by atoms with van der Waals surface area (Å²) in [6.45, 7) is 7.40. The van der Waals surface area contributed by atoms with E-state index in [1.165, 1.54) is 32.4 Å². The van der Waals surface area contributed by atoms with Crippen molar-refractivity contribution in [1.29, 1.82) is 0 Å². The quantitative estimate of drug-likeness (QED) is 0.287. The van der Waals surface area contributed by atoms with Gasteiger partial charge in [0.15, 0.2) is 0 Å². The van der Waals surface area contributed by atoms with Crippen molar-refractivity contribution in [2.24, 2.45) is 0 Å². The highest BCUT2D eigenvalue weighted by molar-refractivity contribution is 6.30. The highest BCUT2D eigenvalue weighted by atomic mass is 35.5. The molecule has 0 bridgehead atoms. The standard InChI is InChI=1S/C27H35ClN4O2.2ClH/c1-21-8-5-9-24-27(21)30-25(20-34-23-13-11-22(28)12-14-23)32(24)19-6-10-26(33)29-15-7-18-31-16-3-2-4-17-31;;/h5,8-9,11-14H,2-4,6-7,10,15-20H2,1H3,(H,29,33);2*1H. The van der Waals surface area contributed by atoms with Crippen molar-refractivity contribution < 1.29 is 9.53 Å². The molecule has 0 saturated carbocycles. The third-order valence-corrected chi connectivity index (χ3v) is 6.70. The zero-order valence-corrected chi connectivity index (χ0v) is 23.3. The summed E-state index contributed by atoms with van der Waals surface area (Å²) in [5, 5.41) is 3.77. The second kappa shape index (κ2) is 15.3. The van der Waals surface area contributed by atoms with Crippen molar-refractivity contribution in [3.63, 3.8) is 0 Å². The number of benzene rings is 2. The number of ether oxygens (including phenoxy) is 1. The Hall–Kier alpha value is -1.99. The lowest BCUT2D eigenvalue weighted by molar-refractivity contribution is -0.121. The Labute approximate surface area is 231 Å². The van der Waals surface area contributed by atoms with Crippen LogP contribution >= 0.6 is 36.4 Å². The average molecular weight is 556 g/mol. The van der Waals surface area contributed by atoms with Crippen molar-refractivity contribution in [3.05, 3.63) is 58.9 Å². The summed E-state index contributed by atoms with van der Waals surface area (Å²) < 4.78 is 8.16. The van der Waals surface area contributed by atoms with Gasteiger partial charge in [0.25, 0.3) is 0 Å². The van der Waals surface area contributed by atoms with Crippen LogP contribution in [0.25, 0.3) is 11.0 Å². The molecule has 1 fully saturated rings. The Morgan fingerprint density at radius 2 is 1.78 bits per heavy atom. The molecule has 1 aliphatic heterocycles. The number of likely N-dealkylation sites (tertiary alicyclic amines) is 1. The number of carbonyl (C=O) groups is 1. The van der Waals surface area contributed by atoms with Crippen molar-refractivity contribution in [2.45, 2.75) is 58.6 Å². The minimum atomic E-state index is 0. The molecule has 0 spiro atoms. The van der Waals surface area contributed by atoms with Gasteiger partial charge < -0.3 is 19.5 Å². The number of amides is 1. The molecule has 1 N–H and O–H groups in total. The number of aromatic nitrogens is 2. The molecule has 0 unspecified atom stereocenters. The van der Waals surface area contributed by atoms with Crippen LogP contribution in [-0.2, 0) is 17.9 Å².